The van der Waals surface area contributed by atoms with Gasteiger partial charge in [-0.15, -0.1) is 11.3 Å². The Kier molecular flexibility index (Phi) is 1.94. The van der Waals surface area contributed by atoms with Crippen molar-refractivity contribution < 1.29 is 9.84 Å². The highest BCUT2D eigenvalue weighted by atomic mass is 32.1. The highest BCUT2D eigenvalue weighted by Gasteiger charge is 2.27. The summed E-state index contributed by atoms with van der Waals surface area (Å²) in [6.45, 7) is 1.16. The maximum Gasteiger partial charge on any atom is 0.0872 e. The number of rotatable bonds is 1. The zero-order valence-corrected chi connectivity index (χ0v) is 6.88. The summed E-state index contributed by atoms with van der Waals surface area (Å²) in [5.41, 5.74) is 0. The number of aliphatic hydroxyl groups excluding tert-OH is 1. The van der Waals surface area contributed by atoms with Gasteiger partial charge < -0.3 is 9.84 Å². The zero-order chi connectivity index (χ0) is 7.68. The number of aliphatic hydroxyl groups is 1. The van der Waals surface area contributed by atoms with Gasteiger partial charge in [-0.05, 0) is 11.4 Å². The Morgan fingerprint density at radius 3 is 3.00 bits per heavy atom. The third kappa shape index (κ3) is 1.31. The molecule has 1 aliphatic rings. The van der Waals surface area contributed by atoms with Crippen LogP contribution in [-0.2, 0) is 4.74 Å². The normalized spacial score (nSPS) is 31.0. The number of thiophene rings is 1. The van der Waals surface area contributed by atoms with Crippen molar-refractivity contribution in [3.63, 3.8) is 0 Å². The topological polar surface area (TPSA) is 29.5 Å². The second-order valence-corrected chi connectivity index (χ2v) is 3.71. The molecule has 1 fully saturated rings. The van der Waals surface area contributed by atoms with Crippen molar-refractivity contribution in [2.75, 3.05) is 13.2 Å². The molecule has 11 heavy (non-hydrogen) atoms. The summed E-state index contributed by atoms with van der Waals surface area (Å²) in [5.74, 6) is 0.218. The van der Waals surface area contributed by atoms with E-state index in [1.165, 1.54) is 4.88 Å². The maximum atomic E-state index is 9.44. The first-order chi connectivity index (χ1) is 5.38. The molecule has 2 heterocycles. The molecule has 1 aromatic rings. The Bertz CT molecular complexity index is 220. The van der Waals surface area contributed by atoms with E-state index in [4.69, 9.17) is 4.74 Å². The predicted octanol–water partition coefficient (Wildman–Crippen LogP) is 1.22. The van der Waals surface area contributed by atoms with Crippen LogP contribution >= 0.6 is 11.3 Å². The average molecular weight is 170 g/mol. The third-order valence-electron chi connectivity index (χ3n) is 1.96. The Hall–Kier alpha value is -0.380. The fourth-order valence-electron chi connectivity index (χ4n) is 1.32. The molecule has 0 amide bonds. The van der Waals surface area contributed by atoms with Crippen LogP contribution in [0.4, 0.5) is 0 Å². The summed E-state index contributed by atoms with van der Waals surface area (Å²) in [5, 5.41) is 11.5. The van der Waals surface area contributed by atoms with Gasteiger partial charge >= 0.3 is 0 Å². The highest BCUT2D eigenvalue weighted by Crippen LogP contribution is 2.28. The van der Waals surface area contributed by atoms with Gasteiger partial charge in [0, 0.05) is 10.8 Å². The maximum absolute atomic E-state index is 9.44. The van der Waals surface area contributed by atoms with Gasteiger partial charge in [0.2, 0.25) is 0 Å². The van der Waals surface area contributed by atoms with Crippen LogP contribution in [0.5, 0.6) is 0 Å². The summed E-state index contributed by atoms with van der Waals surface area (Å²) >= 11 is 1.68. The van der Waals surface area contributed by atoms with E-state index >= 15 is 0 Å². The van der Waals surface area contributed by atoms with Gasteiger partial charge in [-0.2, -0.15) is 0 Å². The largest absolute Gasteiger partial charge is 0.390 e. The molecule has 60 valence electrons. The van der Waals surface area contributed by atoms with Crippen molar-refractivity contribution in [1.82, 2.24) is 0 Å². The van der Waals surface area contributed by atoms with Crippen LogP contribution in [0.25, 0.3) is 0 Å². The lowest BCUT2D eigenvalue weighted by molar-refractivity contribution is 0.125. The predicted molar refractivity (Wildman–Crippen MR) is 43.9 cm³/mol. The second-order valence-electron chi connectivity index (χ2n) is 2.73. The molecular weight excluding hydrogens is 160 g/mol. The first-order valence-electron chi connectivity index (χ1n) is 3.67. The number of hydrogen-bond donors (Lipinski definition) is 1. The Morgan fingerprint density at radius 1 is 1.55 bits per heavy atom. The van der Waals surface area contributed by atoms with Gasteiger partial charge in [-0.1, -0.05) is 6.07 Å². The van der Waals surface area contributed by atoms with Crippen molar-refractivity contribution in [2.24, 2.45) is 0 Å². The summed E-state index contributed by atoms with van der Waals surface area (Å²) in [7, 11) is 0. The molecule has 1 aromatic heterocycles. The SMILES string of the molecule is O[C@@H]1COC[C@@H]1c1cccs1. The van der Waals surface area contributed by atoms with E-state index in [1.54, 1.807) is 11.3 Å². The van der Waals surface area contributed by atoms with Crippen molar-refractivity contribution >= 4 is 11.3 Å². The molecule has 2 rings (SSSR count). The van der Waals surface area contributed by atoms with Crippen molar-refractivity contribution in [3.8, 4) is 0 Å². The highest BCUT2D eigenvalue weighted by molar-refractivity contribution is 7.10. The van der Waals surface area contributed by atoms with Crippen molar-refractivity contribution in [1.29, 1.82) is 0 Å². The quantitative estimate of drug-likeness (QED) is 0.686. The fraction of sp³-hybridized carbons (Fsp3) is 0.500. The minimum absolute atomic E-state index is 0.218. The molecule has 0 spiro atoms. The Morgan fingerprint density at radius 2 is 2.45 bits per heavy atom. The van der Waals surface area contributed by atoms with Gasteiger partial charge in [-0.25, -0.2) is 0 Å². The summed E-state index contributed by atoms with van der Waals surface area (Å²) < 4.78 is 5.15. The van der Waals surface area contributed by atoms with E-state index < -0.39 is 0 Å². The second kappa shape index (κ2) is 2.93. The molecule has 3 heteroatoms. The zero-order valence-electron chi connectivity index (χ0n) is 6.06. The van der Waals surface area contributed by atoms with E-state index in [0.29, 0.717) is 13.2 Å². The van der Waals surface area contributed by atoms with E-state index in [1.807, 2.05) is 17.5 Å². The molecule has 2 atom stereocenters. The minimum atomic E-state index is -0.298. The molecule has 2 nitrogen and oxygen atoms in total. The van der Waals surface area contributed by atoms with Gasteiger partial charge in [-0.3, -0.25) is 0 Å². The van der Waals surface area contributed by atoms with Gasteiger partial charge in [0.05, 0.1) is 19.3 Å². The lowest BCUT2D eigenvalue weighted by atomic mass is 10.1. The molecular formula is C8H10O2S. The van der Waals surface area contributed by atoms with E-state index in [9.17, 15) is 5.11 Å². The fourth-order valence-corrected chi connectivity index (χ4v) is 2.19. The lowest BCUT2D eigenvalue weighted by Gasteiger charge is -2.08. The first kappa shape index (κ1) is 7.28. The van der Waals surface area contributed by atoms with Crippen LogP contribution < -0.4 is 0 Å². The van der Waals surface area contributed by atoms with Crippen molar-refractivity contribution in [2.45, 2.75) is 12.0 Å². The van der Waals surface area contributed by atoms with Gasteiger partial charge in [0.15, 0.2) is 0 Å². The average Bonchev–Trinajstić information content (AvgIpc) is 2.55. The van der Waals surface area contributed by atoms with Crippen LogP contribution in [0.1, 0.15) is 10.8 Å². The molecule has 1 saturated heterocycles. The summed E-state index contributed by atoms with van der Waals surface area (Å²) in [6.07, 6.45) is -0.298. The summed E-state index contributed by atoms with van der Waals surface area (Å²) in [4.78, 5) is 1.23. The summed E-state index contributed by atoms with van der Waals surface area (Å²) in [6, 6.07) is 4.05. The number of hydrogen-bond acceptors (Lipinski definition) is 3. The van der Waals surface area contributed by atoms with Crippen LogP contribution in [-0.4, -0.2) is 24.4 Å². The molecule has 0 saturated carbocycles. The molecule has 1 aliphatic heterocycles. The molecule has 1 N–H and O–H groups in total. The Labute approximate surface area is 69.4 Å². The molecule has 0 radical (unpaired) electrons. The van der Waals surface area contributed by atoms with E-state index in [0.717, 1.165) is 0 Å². The van der Waals surface area contributed by atoms with Crippen molar-refractivity contribution in [3.05, 3.63) is 22.4 Å². The first-order valence-corrected chi connectivity index (χ1v) is 4.55. The van der Waals surface area contributed by atoms with Crippen LogP contribution in [0.3, 0.4) is 0 Å². The van der Waals surface area contributed by atoms with Gasteiger partial charge in [0.1, 0.15) is 0 Å². The molecule has 0 aliphatic carbocycles. The minimum Gasteiger partial charge on any atom is -0.390 e. The van der Waals surface area contributed by atoms with Crippen LogP contribution in [0.2, 0.25) is 0 Å². The van der Waals surface area contributed by atoms with Crippen LogP contribution in [0, 0.1) is 0 Å². The standard InChI is InChI=1S/C8H10O2S/c9-7-5-10-4-6(7)8-2-1-3-11-8/h1-3,6-7,9H,4-5H2/t6-,7+/m0/s1. The Balaban J connectivity index is 2.16. The number of ether oxygens (including phenoxy) is 1. The van der Waals surface area contributed by atoms with Gasteiger partial charge in [0.25, 0.3) is 0 Å². The third-order valence-corrected chi connectivity index (χ3v) is 2.96. The van der Waals surface area contributed by atoms with E-state index in [2.05, 4.69) is 0 Å². The van der Waals surface area contributed by atoms with Crippen LogP contribution in [0.15, 0.2) is 17.5 Å². The lowest BCUT2D eigenvalue weighted by Crippen LogP contribution is -2.14. The smallest absolute Gasteiger partial charge is 0.0872 e. The monoisotopic (exact) mass is 170 g/mol. The molecule has 0 bridgehead atoms. The molecule has 0 aromatic carbocycles. The molecule has 0 unspecified atom stereocenters. The van der Waals surface area contributed by atoms with E-state index in [-0.39, 0.29) is 12.0 Å².